The minimum absolute atomic E-state index is 0.0455. The molecule has 0 saturated heterocycles. The molecule has 116 valence electrons. The Morgan fingerprint density at radius 2 is 2.18 bits per heavy atom. The number of ether oxygens (including phenoxy) is 1. The van der Waals surface area contributed by atoms with E-state index in [1.807, 2.05) is 0 Å². The Morgan fingerprint density at radius 3 is 2.86 bits per heavy atom. The maximum absolute atomic E-state index is 12.2. The number of hydrazone groups is 1. The van der Waals surface area contributed by atoms with Crippen LogP contribution >= 0.6 is 0 Å². The Bertz CT molecular complexity index is 744. The van der Waals surface area contributed by atoms with Crippen molar-refractivity contribution < 1.29 is 13.5 Å². The molecule has 0 spiro atoms. The van der Waals surface area contributed by atoms with Gasteiger partial charge in [0.15, 0.2) is 0 Å². The summed E-state index contributed by atoms with van der Waals surface area (Å²) < 4.78 is 28.7. The second kappa shape index (κ2) is 6.79. The summed E-state index contributed by atoms with van der Waals surface area (Å²) in [5.41, 5.74) is 3.98. The molecule has 8 heteroatoms. The van der Waals surface area contributed by atoms with Gasteiger partial charge in [0.05, 0.1) is 5.71 Å². The van der Waals surface area contributed by atoms with Gasteiger partial charge in [0, 0.05) is 17.3 Å². The van der Waals surface area contributed by atoms with E-state index in [1.54, 1.807) is 26.0 Å². The molecule has 2 aromatic rings. The van der Waals surface area contributed by atoms with Crippen molar-refractivity contribution in [1.82, 2.24) is 9.97 Å². The number of nitrogens with zero attached hydrogens (tertiary/aromatic N) is 2. The SMILES string of the molecule is C/C(=N/Nc1nc(C)cc(=O)[nH]1)c1cccc(OC(F)F)c1. The minimum atomic E-state index is -2.88. The summed E-state index contributed by atoms with van der Waals surface area (Å²) in [6, 6.07) is 7.51. The van der Waals surface area contributed by atoms with Gasteiger partial charge in [0.25, 0.3) is 5.56 Å². The van der Waals surface area contributed by atoms with Crippen LogP contribution in [-0.2, 0) is 0 Å². The molecule has 0 fully saturated rings. The first-order valence-corrected chi connectivity index (χ1v) is 6.37. The smallest absolute Gasteiger partial charge is 0.387 e. The van der Waals surface area contributed by atoms with Gasteiger partial charge in [-0.2, -0.15) is 13.9 Å². The van der Waals surface area contributed by atoms with Gasteiger partial charge in [-0.25, -0.2) is 10.4 Å². The molecule has 2 rings (SSSR count). The predicted octanol–water partition coefficient (Wildman–Crippen LogP) is 2.52. The first-order chi connectivity index (χ1) is 10.4. The van der Waals surface area contributed by atoms with E-state index in [0.717, 1.165) is 0 Å². The van der Waals surface area contributed by atoms with Crippen molar-refractivity contribution in [2.24, 2.45) is 5.10 Å². The number of anilines is 1. The zero-order chi connectivity index (χ0) is 16.1. The lowest BCUT2D eigenvalue weighted by Crippen LogP contribution is -2.11. The Morgan fingerprint density at radius 1 is 1.41 bits per heavy atom. The molecule has 1 aromatic heterocycles. The van der Waals surface area contributed by atoms with E-state index in [-0.39, 0.29) is 17.3 Å². The van der Waals surface area contributed by atoms with Crippen molar-refractivity contribution in [3.8, 4) is 5.75 Å². The first-order valence-electron chi connectivity index (χ1n) is 6.37. The van der Waals surface area contributed by atoms with Crippen molar-refractivity contribution in [2.75, 3.05) is 5.43 Å². The lowest BCUT2D eigenvalue weighted by molar-refractivity contribution is -0.0498. The molecule has 0 aliphatic carbocycles. The molecule has 0 aliphatic heterocycles. The minimum Gasteiger partial charge on any atom is -0.435 e. The molecule has 0 atom stereocenters. The van der Waals surface area contributed by atoms with Gasteiger partial charge in [0.1, 0.15) is 5.75 Å². The monoisotopic (exact) mass is 308 g/mol. The van der Waals surface area contributed by atoms with Gasteiger partial charge in [-0.05, 0) is 26.0 Å². The fourth-order valence-electron chi connectivity index (χ4n) is 1.73. The number of rotatable bonds is 5. The van der Waals surface area contributed by atoms with Crippen molar-refractivity contribution >= 4 is 11.7 Å². The normalized spacial score (nSPS) is 11.6. The third kappa shape index (κ3) is 4.37. The van der Waals surface area contributed by atoms with E-state index in [9.17, 15) is 13.6 Å². The molecule has 0 bridgehead atoms. The number of aromatic nitrogens is 2. The maximum atomic E-state index is 12.2. The summed E-state index contributed by atoms with van der Waals surface area (Å²) in [6.07, 6.45) is 0. The second-order valence-electron chi connectivity index (χ2n) is 4.45. The fourth-order valence-corrected chi connectivity index (χ4v) is 1.73. The zero-order valence-electron chi connectivity index (χ0n) is 11.9. The van der Waals surface area contributed by atoms with Crippen molar-refractivity contribution in [3.05, 3.63) is 51.9 Å². The maximum Gasteiger partial charge on any atom is 0.387 e. The number of nitrogens with one attached hydrogen (secondary N) is 2. The molecule has 1 heterocycles. The van der Waals surface area contributed by atoms with Crippen LogP contribution in [0.5, 0.6) is 5.75 Å². The van der Waals surface area contributed by atoms with Crippen LogP contribution in [0.3, 0.4) is 0 Å². The van der Waals surface area contributed by atoms with Crippen LogP contribution < -0.4 is 15.7 Å². The Balaban J connectivity index is 2.16. The van der Waals surface area contributed by atoms with Crippen LogP contribution in [0.25, 0.3) is 0 Å². The van der Waals surface area contributed by atoms with Crippen LogP contribution in [0.4, 0.5) is 14.7 Å². The van der Waals surface area contributed by atoms with Crippen LogP contribution in [0.1, 0.15) is 18.2 Å². The Labute approximate surface area is 124 Å². The summed E-state index contributed by atoms with van der Waals surface area (Å²) in [5.74, 6) is 0.244. The molecule has 6 nitrogen and oxygen atoms in total. The van der Waals surface area contributed by atoms with Crippen molar-refractivity contribution in [3.63, 3.8) is 0 Å². The highest BCUT2D eigenvalue weighted by atomic mass is 19.3. The highest BCUT2D eigenvalue weighted by Gasteiger charge is 2.06. The average molecular weight is 308 g/mol. The predicted molar refractivity (Wildman–Crippen MR) is 78.5 cm³/mol. The van der Waals surface area contributed by atoms with Gasteiger partial charge in [-0.3, -0.25) is 9.78 Å². The summed E-state index contributed by atoms with van der Waals surface area (Å²) in [5, 5.41) is 4.06. The number of hydrogen-bond donors (Lipinski definition) is 2. The van der Waals surface area contributed by atoms with Crippen LogP contribution in [-0.4, -0.2) is 22.3 Å². The molecular weight excluding hydrogens is 294 g/mol. The molecular formula is C14H14F2N4O2. The van der Waals surface area contributed by atoms with Crippen LogP contribution in [0, 0.1) is 6.92 Å². The largest absolute Gasteiger partial charge is 0.435 e. The lowest BCUT2D eigenvalue weighted by atomic mass is 10.1. The number of hydrogen-bond acceptors (Lipinski definition) is 5. The Kier molecular flexibility index (Phi) is 4.82. The molecule has 1 aromatic carbocycles. The van der Waals surface area contributed by atoms with Crippen molar-refractivity contribution in [1.29, 1.82) is 0 Å². The standard InChI is InChI=1S/C14H14F2N4O2/c1-8-6-12(21)18-14(17-8)20-19-9(2)10-4-3-5-11(7-10)22-13(15)16/h3-7,13H,1-2H3,(H2,17,18,20,21)/b19-9-. The van der Waals surface area contributed by atoms with E-state index in [4.69, 9.17) is 0 Å². The summed E-state index contributed by atoms with van der Waals surface area (Å²) in [7, 11) is 0. The molecule has 0 saturated carbocycles. The quantitative estimate of drug-likeness (QED) is 0.657. The Hall–Kier alpha value is -2.77. The van der Waals surface area contributed by atoms with Crippen LogP contribution in [0.2, 0.25) is 0 Å². The molecule has 0 unspecified atom stereocenters. The third-order valence-electron chi connectivity index (χ3n) is 2.68. The molecule has 0 aliphatic rings. The van der Waals surface area contributed by atoms with E-state index in [0.29, 0.717) is 17.0 Å². The van der Waals surface area contributed by atoms with Gasteiger partial charge in [-0.1, -0.05) is 12.1 Å². The van der Waals surface area contributed by atoms with Gasteiger partial charge in [0.2, 0.25) is 5.95 Å². The number of H-pyrrole nitrogens is 1. The number of halogens is 2. The van der Waals surface area contributed by atoms with E-state index in [2.05, 4.69) is 25.2 Å². The molecule has 0 amide bonds. The number of aryl methyl sites for hydroxylation is 1. The second-order valence-corrected chi connectivity index (χ2v) is 4.45. The zero-order valence-corrected chi connectivity index (χ0v) is 11.9. The average Bonchev–Trinajstić information content (AvgIpc) is 2.43. The number of benzene rings is 1. The number of aromatic amines is 1. The summed E-state index contributed by atoms with van der Waals surface area (Å²) >= 11 is 0. The molecule has 2 N–H and O–H groups in total. The van der Waals surface area contributed by atoms with Gasteiger partial charge < -0.3 is 4.74 Å². The lowest BCUT2D eigenvalue weighted by Gasteiger charge is -2.07. The van der Waals surface area contributed by atoms with E-state index < -0.39 is 6.61 Å². The highest BCUT2D eigenvalue weighted by molar-refractivity contribution is 5.99. The first kappa shape index (κ1) is 15.6. The van der Waals surface area contributed by atoms with E-state index in [1.165, 1.54) is 18.2 Å². The van der Waals surface area contributed by atoms with Gasteiger partial charge in [-0.15, -0.1) is 0 Å². The number of alkyl halides is 2. The third-order valence-corrected chi connectivity index (χ3v) is 2.68. The van der Waals surface area contributed by atoms with E-state index >= 15 is 0 Å². The van der Waals surface area contributed by atoms with Gasteiger partial charge >= 0.3 is 6.61 Å². The summed E-state index contributed by atoms with van der Waals surface area (Å²) in [6.45, 7) is 0.483. The molecule has 22 heavy (non-hydrogen) atoms. The molecule has 0 radical (unpaired) electrons. The fraction of sp³-hybridized carbons (Fsp3) is 0.214. The summed E-state index contributed by atoms with van der Waals surface area (Å²) in [4.78, 5) is 17.8. The highest BCUT2D eigenvalue weighted by Crippen LogP contribution is 2.16. The van der Waals surface area contributed by atoms with Crippen molar-refractivity contribution in [2.45, 2.75) is 20.5 Å². The topological polar surface area (TPSA) is 79.4 Å². The van der Waals surface area contributed by atoms with Crippen LogP contribution in [0.15, 0.2) is 40.2 Å².